The molecule has 0 aliphatic carbocycles. The largest absolute Gasteiger partial charge is 0.441 e. The summed E-state index contributed by atoms with van der Waals surface area (Å²) in [5.41, 5.74) is 16.5. The van der Waals surface area contributed by atoms with Gasteiger partial charge in [0.1, 0.15) is 51.8 Å². The van der Waals surface area contributed by atoms with E-state index < -0.39 is 0 Å². The Bertz CT molecular complexity index is 8430. The highest BCUT2D eigenvalue weighted by molar-refractivity contribution is 7.13. The number of rotatable bonds is 19. The quantitative estimate of drug-likeness (QED) is 0.0363. The van der Waals surface area contributed by atoms with E-state index in [-0.39, 0.29) is 17.6 Å². The van der Waals surface area contributed by atoms with Crippen molar-refractivity contribution in [2.45, 2.75) is 46.0 Å². The highest BCUT2D eigenvalue weighted by Gasteiger charge is 2.23. The van der Waals surface area contributed by atoms with Crippen LogP contribution in [0.3, 0.4) is 0 Å². The average Bonchev–Trinajstić information content (AvgIpc) is 1.73. The number of halogens is 2. The van der Waals surface area contributed by atoms with E-state index in [0.717, 1.165) is 154 Å². The smallest absolute Gasteiger partial charge is 0.229 e. The van der Waals surface area contributed by atoms with E-state index in [4.69, 9.17) is 33.5 Å². The maximum Gasteiger partial charge on any atom is 0.229 e. The van der Waals surface area contributed by atoms with Gasteiger partial charge in [-0.2, -0.15) is 15.1 Å². The molecule has 20 heterocycles. The molecule has 1 aliphatic rings. The highest BCUT2D eigenvalue weighted by Crippen LogP contribution is 2.37. The molecule has 672 valence electrons. The van der Waals surface area contributed by atoms with Gasteiger partial charge in [-0.05, 0) is 176 Å². The average molecular weight is 1830 g/mol. The Balaban J connectivity index is 0.000000102. The van der Waals surface area contributed by atoms with E-state index in [1.165, 1.54) is 23.5 Å². The van der Waals surface area contributed by atoms with Gasteiger partial charge in [-0.15, -0.1) is 11.3 Å². The van der Waals surface area contributed by atoms with Crippen LogP contribution >= 0.6 is 11.3 Å². The number of benzene rings is 5. The number of H-pyrrole nitrogens is 4. The van der Waals surface area contributed by atoms with Crippen molar-refractivity contribution in [3.8, 4) is 44.9 Å². The number of aromatic nitrogens is 25. The van der Waals surface area contributed by atoms with Crippen LogP contribution in [0.5, 0.6) is 0 Å². The Morgan fingerprint density at radius 3 is 1.39 bits per heavy atom. The van der Waals surface area contributed by atoms with Crippen molar-refractivity contribution in [1.82, 2.24) is 125 Å². The van der Waals surface area contributed by atoms with Gasteiger partial charge in [0.2, 0.25) is 5.95 Å². The lowest BCUT2D eigenvalue weighted by Crippen LogP contribution is -2.37. The highest BCUT2D eigenvalue weighted by atomic mass is 32.1. The van der Waals surface area contributed by atoms with Gasteiger partial charge in [0.15, 0.2) is 74.5 Å². The van der Waals surface area contributed by atoms with E-state index in [0.29, 0.717) is 122 Å². The molecule has 24 aromatic rings. The van der Waals surface area contributed by atoms with Gasteiger partial charge >= 0.3 is 0 Å². The first-order valence-corrected chi connectivity index (χ1v) is 44.7. The van der Waals surface area contributed by atoms with Crippen LogP contribution in [-0.4, -0.2) is 151 Å². The van der Waals surface area contributed by atoms with Crippen LogP contribution in [0.2, 0.25) is 0 Å². The topological polar surface area (TPSA) is 433 Å². The van der Waals surface area contributed by atoms with Crippen LogP contribution in [0.4, 0.5) is 72.3 Å². The Hall–Kier alpha value is -18.1. The third-order valence-electron chi connectivity index (χ3n) is 22.1. The minimum absolute atomic E-state index is 0.235. The van der Waals surface area contributed by atoms with Crippen molar-refractivity contribution < 1.29 is 22.4 Å². The molecule has 1 fully saturated rings. The summed E-state index contributed by atoms with van der Waals surface area (Å²) in [5.74, 6) is 7.29. The Kier molecular flexibility index (Phi) is 24.2. The number of fused-ring (bicyclic) bond motifs is 10. The van der Waals surface area contributed by atoms with Crippen LogP contribution in [0, 0.1) is 11.6 Å². The zero-order chi connectivity index (χ0) is 92.5. The van der Waals surface area contributed by atoms with Gasteiger partial charge in [-0.1, -0.05) is 27.2 Å². The lowest BCUT2D eigenvalue weighted by molar-refractivity contribution is 0.122. The third-order valence-corrected chi connectivity index (χ3v) is 22.8. The van der Waals surface area contributed by atoms with Crippen molar-refractivity contribution in [2.75, 3.05) is 57.8 Å². The molecule has 137 heavy (non-hydrogen) atoms. The first-order valence-electron chi connectivity index (χ1n) is 43.8. The Morgan fingerprint density at radius 1 is 0.423 bits per heavy atom. The molecule has 25 rings (SSSR count). The fraction of sp³-hybridized carbons (Fsp3) is 0.110. The van der Waals surface area contributed by atoms with E-state index in [9.17, 15) is 8.78 Å². The summed E-state index contributed by atoms with van der Waals surface area (Å²) < 4.78 is 45.8. The molecule has 34 nitrogen and oxygen atoms in total. The fourth-order valence-corrected chi connectivity index (χ4v) is 15.9. The van der Waals surface area contributed by atoms with Crippen molar-refractivity contribution >= 4 is 185 Å². The van der Waals surface area contributed by atoms with Crippen LogP contribution in [-0.2, 0) is 11.2 Å². The van der Waals surface area contributed by atoms with Crippen molar-refractivity contribution in [3.63, 3.8) is 0 Å². The standard InChI is InChI=1S/C23H20N6O.C22H18N6O.C19H17FN6O.C19H13FN6.C17H11N7S/c1-2-3-6-20-27-18-8-7-16(14-19(18)30-20)26-23-17-5-4-11-25-22(17)28-21(29-23)15-9-12-24-13-10-15;1-13(2)22-26-17-6-5-15(12-18(17)29-22)25-21-16-4-3-9-24-20(16)27-19(28-21)14-7-10-23-11-8-14;20-15-11-13(10-12-3-5-21-16(12)15)23-18-14-2-1-4-22-17(14)24-19(25-18)26-6-8-27-9-7-26;20-15-9-13(8-11-4-7-22-16(11)15)24-19-14-2-1-5-23-18(14)25-17(26-19)12-3-6-21-10-12;1-2-12-15(19-5-1)22-17(14-8-18-9-25-14)23-16(12)21-11-3-4-13-10(6-11)7-20-24-13/h4-5,7-14H,2-3,6H2,1H3,(H,25,26,28,29);3-13H,1-2H3,(H,24,25,27,28);1-5,10-11,21H,6-9H2,(H,22,23,24,25);1-10,21-22H,(H,23,24,25,26);1-9H,(H,20,24)(H,19,21,22,23). The number of aromatic amines is 4. The summed E-state index contributed by atoms with van der Waals surface area (Å²) in [6, 6.07) is 56.4. The van der Waals surface area contributed by atoms with Crippen LogP contribution < -0.4 is 31.5 Å². The SMILES string of the molecule is CC(C)c1nc2ccc(Nc3nc(-c4ccncc4)nc4ncccc34)cc2o1.CCCCc1nc2ccc(Nc3nc(-c4ccncc4)nc4ncccc34)cc2o1.Fc1cc(Nc2nc(-c3cc[nH]c3)nc3ncccc23)cc2cc[nH]c12.Fc1cc(Nc2nc(N3CCOCC3)nc3ncccc23)cc2cc[nH]c12.c1cnc2nc(-c3cncs3)nc(Nc3ccc4[nH]ncc4c3)c2c1. The number of morpholine rings is 1. The maximum atomic E-state index is 14.3. The lowest BCUT2D eigenvalue weighted by atomic mass is 10.2. The minimum Gasteiger partial charge on any atom is -0.441 e. The summed E-state index contributed by atoms with van der Waals surface area (Å²) in [5, 5.41) is 30.4. The molecule has 0 atom stereocenters. The van der Waals surface area contributed by atoms with Gasteiger partial charge in [0.25, 0.3) is 0 Å². The van der Waals surface area contributed by atoms with Crippen LogP contribution in [0.1, 0.15) is 51.3 Å². The zero-order valence-corrected chi connectivity index (χ0v) is 74.1. The number of nitrogens with one attached hydrogen (secondary N) is 9. The number of hydrogen-bond acceptors (Lipinski definition) is 31. The second-order valence-corrected chi connectivity index (χ2v) is 32.6. The van der Waals surface area contributed by atoms with Gasteiger partial charge in [-0.3, -0.25) is 20.1 Å². The number of unbranched alkanes of at least 4 members (excludes halogenated alkanes) is 1. The summed E-state index contributed by atoms with van der Waals surface area (Å²) in [4.78, 5) is 101. The second kappa shape index (κ2) is 38.7. The molecule has 0 bridgehead atoms. The van der Waals surface area contributed by atoms with Gasteiger partial charge in [0, 0.05) is 186 Å². The van der Waals surface area contributed by atoms with Gasteiger partial charge < -0.3 is 60.0 Å². The number of aryl methyl sites for hydroxylation is 1. The molecule has 0 saturated carbocycles. The van der Waals surface area contributed by atoms with E-state index in [1.54, 1.807) is 86.1 Å². The van der Waals surface area contributed by atoms with E-state index in [1.807, 2.05) is 182 Å². The lowest BCUT2D eigenvalue weighted by Gasteiger charge is -2.27. The van der Waals surface area contributed by atoms with Gasteiger partial charge in [-0.25, -0.2) is 83.5 Å². The van der Waals surface area contributed by atoms with Crippen molar-refractivity contribution in [2.24, 2.45) is 0 Å². The minimum atomic E-state index is -0.322. The number of pyridine rings is 7. The van der Waals surface area contributed by atoms with Crippen molar-refractivity contribution in [3.05, 3.63) is 304 Å². The molecule has 1 saturated heterocycles. The number of anilines is 11. The number of oxazole rings is 2. The predicted octanol–water partition coefficient (Wildman–Crippen LogP) is 21.8. The summed E-state index contributed by atoms with van der Waals surface area (Å²) in [6.45, 7) is 9.01. The Morgan fingerprint density at radius 2 is 0.891 bits per heavy atom. The molecule has 0 amide bonds. The molecular formula is C100H79F2N31O3S. The normalized spacial score (nSPS) is 12.0. The molecule has 0 radical (unpaired) electrons. The molecule has 5 aromatic carbocycles. The molecule has 0 unspecified atom stereocenters. The molecule has 0 spiro atoms. The molecule has 9 N–H and O–H groups in total. The number of ether oxygens (including phenoxy) is 1. The summed E-state index contributed by atoms with van der Waals surface area (Å²) in [7, 11) is 0. The number of nitrogens with zero attached hydrogens (tertiary/aromatic N) is 22. The first-order chi connectivity index (χ1) is 67.4. The number of hydrogen-bond donors (Lipinski definition) is 9. The Labute approximate surface area is 780 Å². The predicted molar refractivity (Wildman–Crippen MR) is 527 cm³/mol. The van der Waals surface area contributed by atoms with Crippen LogP contribution in [0.25, 0.3) is 155 Å². The molecule has 37 heteroatoms. The zero-order valence-electron chi connectivity index (χ0n) is 73.3. The third kappa shape index (κ3) is 19.1. The second-order valence-electron chi connectivity index (χ2n) is 31.7. The molecule has 1 aliphatic heterocycles. The first kappa shape index (κ1) is 85.6. The van der Waals surface area contributed by atoms with Crippen molar-refractivity contribution in [1.29, 1.82) is 0 Å². The maximum absolute atomic E-state index is 14.3. The van der Waals surface area contributed by atoms with E-state index in [2.05, 4.69) is 157 Å². The molecular weight excluding hydrogens is 1750 g/mol. The van der Waals surface area contributed by atoms with Crippen LogP contribution in [0.15, 0.2) is 289 Å². The monoisotopic (exact) mass is 1830 g/mol. The fourth-order valence-electron chi connectivity index (χ4n) is 15.3. The summed E-state index contributed by atoms with van der Waals surface area (Å²) >= 11 is 1.50. The van der Waals surface area contributed by atoms with E-state index >= 15 is 0 Å². The molecule has 19 aromatic heterocycles. The summed E-state index contributed by atoms with van der Waals surface area (Å²) in [6.07, 6.45) is 29.1. The number of thiazole rings is 1. The van der Waals surface area contributed by atoms with Gasteiger partial charge in [0.05, 0.1) is 73.3 Å².